The first-order valence-corrected chi connectivity index (χ1v) is 5.52. The molecule has 2 unspecified atom stereocenters. The summed E-state index contributed by atoms with van der Waals surface area (Å²) in [5.41, 5.74) is 1.93. The summed E-state index contributed by atoms with van der Waals surface area (Å²) < 4.78 is 0. The van der Waals surface area contributed by atoms with Crippen LogP contribution in [0.4, 0.5) is 0 Å². The van der Waals surface area contributed by atoms with Crippen molar-refractivity contribution >= 4 is 0 Å². The summed E-state index contributed by atoms with van der Waals surface area (Å²) in [4.78, 5) is 0. The van der Waals surface area contributed by atoms with Crippen molar-refractivity contribution in [2.75, 3.05) is 13.1 Å². The summed E-state index contributed by atoms with van der Waals surface area (Å²) in [6.45, 7) is 13.3. The van der Waals surface area contributed by atoms with E-state index in [0.29, 0.717) is 5.41 Å². The third-order valence-electron chi connectivity index (χ3n) is 3.40. The monoisotopic (exact) mass is 181 g/mol. The van der Waals surface area contributed by atoms with Crippen LogP contribution in [0.5, 0.6) is 0 Å². The van der Waals surface area contributed by atoms with Crippen LogP contribution < -0.4 is 5.32 Å². The van der Waals surface area contributed by atoms with Crippen LogP contribution in [0.1, 0.15) is 40.0 Å². The zero-order chi connectivity index (χ0) is 9.90. The second kappa shape index (κ2) is 4.28. The molecule has 13 heavy (non-hydrogen) atoms. The van der Waals surface area contributed by atoms with Crippen LogP contribution in [0.2, 0.25) is 0 Å². The van der Waals surface area contributed by atoms with E-state index in [9.17, 15) is 0 Å². The first-order chi connectivity index (χ1) is 6.14. The second-order valence-electron chi connectivity index (χ2n) is 4.60. The zero-order valence-corrected chi connectivity index (χ0v) is 9.32. The highest BCUT2D eigenvalue weighted by Crippen LogP contribution is 2.50. The Morgan fingerprint density at radius 3 is 2.54 bits per heavy atom. The SMILES string of the molecule is C=C1CC1C(C)(CC)CNCCC. The molecule has 0 bridgehead atoms. The van der Waals surface area contributed by atoms with Gasteiger partial charge >= 0.3 is 0 Å². The molecule has 0 aromatic heterocycles. The summed E-state index contributed by atoms with van der Waals surface area (Å²) in [6, 6.07) is 0. The van der Waals surface area contributed by atoms with Crippen LogP contribution >= 0.6 is 0 Å². The standard InChI is InChI=1S/C12H23N/c1-5-7-13-9-12(4,6-2)11-8-10(11)3/h11,13H,3,5-9H2,1-2,4H3. The molecule has 1 rings (SSSR count). The van der Waals surface area contributed by atoms with Crippen LogP contribution in [0, 0.1) is 11.3 Å². The molecule has 1 heteroatoms. The van der Waals surface area contributed by atoms with Crippen molar-refractivity contribution in [3.63, 3.8) is 0 Å². The highest BCUT2D eigenvalue weighted by atomic mass is 14.9. The van der Waals surface area contributed by atoms with Gasteiger partial charge in [-0.05, 0) is 37.1 Å². The summed E-state index contributed by atoms with van der Waals surface area (Å²) in [7, 11) is 0. The Kier molecular flexibility index (Phi) is 3.55. The minimum atomic E-state index is 0.465. The molecule has 0 radical (unpaired) electrons. The normalized spacial score (nSPS) is 25.8. The van der Waals surface area contributed by atoms with E-state index in [1.165, 1.54) is 24.8 Å². The van der Waals surface area contributed by atoms with Crippen LogP contribution in [0.3, 0.4) is 0 Å². The van der Waals surface area contributed by atoms with Gasteiger partial charge in [0.25, 0.3) is 0 Å². The number of hydrogen-bond acceptors (Lipinski definition) is 1. The van der Waals surface area contributed by atoms with E-state index in [4.69, 9.17) is 0 Å². The fourth-order valence-corrected chi connectivity index (χ4v) is 1.99. The molecule has 1 aliphatic carbocycles. The predicted molar refractivity (Wildman–Crippen MR) is 58.8 cm³/mol. The summed E-state index contributed by atoms with van der Waals surface area (Å²) in [5.74, 6) is 0.793. The van der Waals surface area contributed by atoms with Gasteiger partial charge in [0.2, 0.25) is 0 Å². The second-order valence-corrected chi connectivity index (χ2v) is 4.60. The summed E-state index contributed by atoms with van der Waals surface area (Å²) in [5, 5.41) is 3.53. The predicted octanol–water partition coefficient (Wildman–Crippen LogP) is 2.98. The average molecular weight is 181 g/mol. The minimum Gasteiger partial charge on any atom is -0.316 e. The van der Waals surface area contributed by atoms with Crippen LogP contribution in [0.15, 0.2) is 12.2 Å². The van der Waals surface area contributed by atoms with Crippen LogP contribution in [0.25, 0.3) is 0 Å². The van der Waals surface area contributed by atoms with Crippen molar-refractivity contribution in [3.05, 3.63) is 12.2 Å². The molecule has 0 heterocycles. The molecule has 2 atom stereocenters. The first-order valence-electron chi connectivity index (χ1n) is 5.52. The molecular weight excluding hydrogens is 158 g/mol. The van der Waals surface area contributed by atoms with Crippen molar-refractivity contribution < 1.29 is 0 Å². The Morgan fingerprint density at radius 2 is 2.15 bits per heavy atom. The molecule has 76 valence electrons. The van der Waals surface area contributed by atoms with Gasteiger partial charge in [-0.1, -0.05) is 32.9 Å². The molecular formula is C12H23N. The number of allylic oxidation sites excluding steroid dienone is 1. The topological polar surface area (TPSA) is 12.0 Å². The average Bonchev–Trinajstić information content (AvgIpc) is 2.83. The quantitative estimate of drug-likeness (QED) is 0.490. The fraction of sp³-hybridized carbons (Fsp3) is 0.833. The zero-order valence-electron chi connectivity index (χ0n) is 9.32. The Morgan fingerprint density at radius 1 is 1.54 bits per heavy atom. The van der Waals surface area contributed by atoms with Gasteiger partial charge in [-0.2, -0.15) is 0 Å². The molecule has 1 saturated carbocycles. The lowest BCUT2D eigenvalue weighted by atomic mass is 9.82. The third-order valence-corrected chi connectivity index (χ3v) is 3.40. The first kappa shape index (κ1) is 10.8. The van der Waals surface area contributed by atoms with Gasteiger partial charge < -0.3 is 5.32 Å². The Labute approximate surface area is 82.6 Å². The molecule has 1 fully saturated rings. The maximum Gasteiger partial charge on any atom is 0.00109 e. The molecule has 0 amide bonds. The van der Waals surface area contributed by atoms with Gasteiger partial charge in [0.05, 0.1) is 0 Å². The van der Waals surface area contributed by atoms with E-state index in [1.54, 1.807) is 0 Å². The summed E-state index contributed by atoms with van der Waals surface area (Å²) in [6.07, 6.45) is 3.75. The lowest BCUT2D eigenvalue weighted by Crippen LogP contribution is -2.33. The Balaban J connectivity index is 2.35. The van der Waals surface area contributed by atoms with E-state index in [-0.39, 0.29) is 0 Å². The van der Waals surface area contributed by atoms with Gasteiger partial charge in [0, 0.05) is 6.54 Å². The van der Waals surface area contributed by atoms with Crippen molar-refractivity contribution in [2.45, 2.75) is 40.0 Å². The number of nitrogens with one attached hydrogen (secondary N) is 1. The van der Waals surface area contributed by atoms with Gasteiger partial charge in [-0.3, -0.25) is 0 Å². The Bertz CT molecular complexity index is 186. The highest BCUT2D eigenvalue weighted by molar-refractivity contribution is 5.23. The lowest BCUT2D eigenvalue weighted by molar-refractivity contribution is 0.256. The van der Waals surface area contributed by atoms with E-state index >= 15 is 0 Å². The van der Waals surface area contributed by atoms with Gasteiger partial charge in [0.15, 0.2) is 0 Å². The maximum absolute atomic E-state index is 4.06. The van der Waals surface area contributed by atoms with Gasteiger partial charge in [-0.15, -0.1) is 0 Å². The molecule has 0 saturated heterocycles. The van der Waals surface area contributed by atoms with E-state index in [0.717, 1.165) is 19.0 Å². The van der Waals surface area contributed by atoms with Gasteiger partial charge in [-0.25, -0.2) is 0 Å². The van der Waals surface area contributed by atoms with Gasteiger partial charge in [0.1, 0.15) is 0 Å². The smallest absolute Gasteiger partial charge is 0.00109 e. The number of hydrogen-bond donors (Lipinski definition) is 1. The third kappa shape index (κ3) is 2.57. The maximum atomic E-state index is 4.06. The fourth-order valence-electron chi connectivity index (χ4n) is 1.99. The molecule has 0 aromatic carbocycles. The molecule has 0 aliphatic heterocycles. The van der Waals surface area contributed by atoms with E-state index in [1.807, 2.05) is 0 Å². The van der Waals surface area contributed by atoms with Crippen molar-refractivity contribution in [1.29, 1.82) is 0 Å². The van der Waals surface area contributed by atoms with E-state index < -0.39 is 0 Å². The summed E-state index contributed by atoms with van der Waals surface area (Å²) >= 11 is 0. The lowest BCUT2D eigenvalue weighted by Gasteiger charge is -2.28. The van der Waals surface area contributed by atoms with Crippen molar-refractivity contribution in [2.24, 2.45) is 11.3 Å². The minimum absolute atomic E-state index is 0.465. The molecule has 0 spiro atoms. The highest BCUT2D eigenvalue weighted by Gasteiger charge is 2.42. The molecule has 1 nitrogen and oxygen atoms in total. The van der Waals surface area contributed by atoms with Crippen molar-refractivity contribution in [3.8, 4) is 0 Å². The largest absolute Gasteiger partial charge is 0.316 e. The van der Waals surface area contributed by atoms with E-state index in [2.05, 4.69) is 32.7 Å². The van der Waals surface area contributed by atoms with Crippen LogP contribution in [-0.2, 0) is 0 Å². The number of rotatable bonds is 6. The molecule has 0 aromatic rings. The van der Waals surface area contributed by atoms with Crippen molar-refractivity contribution in [1.82, 2.24) is 5.32 Å². The molecule has 1 aliphatic rings. The van der Waals surface area contributed by atoms with Crippen LogP contribution in [-0.4, -0.2) is 13.1 Å². The Hall–Kier alpha value is -0.300. The molecule has 1 N–H and O–H groups in total.